The molecular weight excluding hydrogens is 440 g/mol. The fourth-order valence-electron chi connectivity index (χ4n) is 3.60. The van der Waals surface area contributed by atoms with Crippen LogP contribution in [0.5, 0.6) is 0 Å². The predicted octanol–water partition coefficient (Wildman–Crippen LogP) is 4.92. The van der Waals surface area contributed by atoms with Crippen molar-refractivity contribution < 1.29 is 9.72 Å². The number of carbonyl (C=O) groups is 1. The summed E-state index contributed by atoms with van der Waals surface area (Å²) in [5.41, 5.74) is 3.57. The lowest BCUT2D eigenvalue weighted by atomic mass is 9.95. The summed E-state index contributed by atoms with van der Waals surface area (Å²) in [6.45, 7) is 5.88. The van der Waals surface area contributed by atoms with Crippen molar-refractivity contribution in [2.45, 2.75) is 38.4 Å². The summed E-state index contributed by atoms with van der Waals surface area (Å²) in [7, 11) is 0. The van der Waals surface area contributed by atoms with Crippen LogP contribution in [0.15, 0.2) is 65.0 Å². The molecule has 1 aromatic heterocycles. The van der Waals surface area contributed by atoms with E-state index in [0.29, 0.717) is 33.6 Å². The first-order valence-corrected chi connectivity index (χ1v) is 11.6. The predicted molar refractivity (Wildman–Crippen MR) is 128 cm³/mol. The Balaban J connectivity index is 1.75. The lowest BCUT2D eigenvalue weighted by molar-refractivity contribution is -0.384. The number of anilines is 2. The van der Waals surface area contributed by atoms with Gasteiger partial charge in [-0.1, -0.05) is 36.4 Å². The molecule has 1 atom stereocenters. The van der Waals surface area contributed by atoms with Crippen LogP contribution in [0.4, 0.5) is 17.3 Å². The average molecular weight is 465 g/mol. The Morgan fingerprint density at radius 1 is 1.18 bits per heavy atom. The normalized spacial score (nSPS) is 15.1. The summed E-state index contributed by atoms with van der Waals surface area (Å²) < 4.78 is 1.68. The van der Waals surface area contributed by atoms with Gasteiger partial charge in [-0.05, 0) is 50.1 Å². The number of aryl methyl sites for hydroxylation is 1. The van der Waals surface area contributed by atoms with Crippen LogP contribution in [-0.4, -0.2) is 31.3 Å². The molecule has 0 saturated carbocycles. The van der Waals surface area contributed by atoms with E-state index in [9.17, 15) is 14.9 Å². The van der Waals surface area contributed by atoms with Gasteiger partial charge in [-0.25, -0.2) is 4.68 Å². The summed E-state index contributed by atoms with van der Waals surface area (Å²) >= 11 is 1.54. The van der Waals surface area contributed by atoms with Gasteiger partial charge in [0.05, 0.1) is 10.5 Å². The van der Waals surface area contributed by atoms with Gasteiger partial charge in [0.2, 0.25) is 11.1 Å². The van der Waals surface area contributed by atoms with Crippen molar-refractivity contribution in [2.24, 2.45) is 0 Å². The monoisotopic (exact) mass is 464 g/mol. The summed E-state index contributed by atoms with van der Waals surface area (Å²) in [5.74, 6) is 1.12. The zero-order valence-corrected chi connectivity index (χ0v) is 19.3. The van der Waals surface area contributed by atoms with E-state index < -0.39 is 11.0 Å². The molecule has 0 fully saturated rings. The van der Waals surface area contributed by atoms with Gasteiger partial charge in [-0.3, -0.25) is 14.9 Å². The van der Waals surface area contributed by atoms with E-state index in [-0.39, 0.29) is 11.6 Å². The Morgan fingerprint density at radius 3 is 2.52 bits per heavy atom. The van der Waals surface area contributed by atoms with Gasteiger partial charge in [0.1, 0.15) is 6.04 Å². The molecule has 170 valence electrons. The number of thioether (sulfide) groups is 1. The molecule has 0 saturated heterocycles. The van der Waals surface area contributed by atoms with E-state index >= 15 is 0 Å². The summed E-state index contributed by atoms with van der Waals surface area (Å²) in [4.78, 5) is 28.7. The van der Waals surface area contributed by atoms with E-state index in [1.54, 1.807) is 28.6 Å². The molecular formula is C23H24N6O3S. The van der Waals surface area contributed by atoms with Gasteiger partial charge in [0.15, 0.2) is 0 Å². The third kappa shape index (κ3) is 4.75. The van der Waals surface area contributed by atoms with Crippen LogP contribution in [0.3, 0.4) is 0 Å². The number of hydrogen-bond acceptors (Lipinski definition) is 7. The minimum absolute atomic E-state index is 0.0166. The number of hydrogen-bond donors (Lipinski definition) is 2. The molecule has 2 heterocycles. The number of benzene rings is 2. The number of amides is 1. The number of nitro groups is 1. The highest BCUT2D eigenvalue weighted by atomic mass is 32.2. The molecule has 33 heavy (non-hydrogen) atoms. The smallest absolute Gasteiger partial charge is 0.269 e. The van der Waals surface area contributed by atoms with E-state index in [1.807, 2.05) is 38.1 Å². The molecule has 1 unspecified atom stereocenters. The molecule has 4 rings (SSSR count). The number of rotatable bonds is 7. The largest absolute Gasteiger partial charge is 0.328 e. The zero-order chi connectivity index (χ0) is 23.5. The Morgan fingerprint density at radius 2 is 1.88 bits per heavy atom. The van der Waals surface area contributed by atoms with Crippen LogP contribution < -0.4 is 10.6 Å². The van der Waals surface area contributed by atoms with Crippen molar-refractivity contribution in [2.75, 3.05) is 16.4 Å². The minimum Gasteiger partial charge on any atom is -0.328 e. The first kappa shape index (κ1) is 22.5. The van der Waals surface area contributed by atoms with Crippen molar-refractivity contribution in [3.8, 4) is 0 Å². The highest BCUT2D eigenvalue weighted by Gasteiger charge is 2.34. The first-order chi connectivity index (χ1) is 15.9. The van der Waals surface area contributed by atoms with Crippen LogP contribution in [0.25, 0.3) is 0 Å². The van der Waals surface area contributed by atoms with E-state index in [2.05, 4.69) is 27.6 Å². The van der Waals surface area contributed by atoms with Crippen molar-refractivity contribution in [1.29, 1.82) is 0 Å². The molecule has 1 aliphatic rings. The molecule has 1 aliphatic heterocycles. The maximum absolute atomic E-state index is 13.4. The third-order valence-corrected chi connectivity index (χ3v) is 6.29. The van der Waals surface area contributed by atoms with Gasteiger partial charge in [-0.15, -0.1) is 5.10 Å². The number of nitro benzene ring substituents is 1. The molecule has 10 heteroatoms. The quantitative estimate of drug-likeness (QED) is 0.289. The summed E-state index contributed by atoms with van der Waals surface area (Å²) in [6.07, 6.45) is 0.981. The van der Waals surface area contributed by atoms with Crippen LogP contribution >= 0.6 is 11.8 Å². The zero-order valence-electron chi connectivity index (χ0n) is 18.5. The van der Waals surface area contributed by atoms with Crippen LogP contribution in [0, 0.1) is 17.0 Å². The van der Waals surface area contributed by atoms with Gasteiger partial charge in [-0.2, -0.15) is 4.98 Å². The molecule has 0 aliphatic carbocycles. The topological polar surface area (TPSA) is 115 Å². The second kappa shape index (κ2) is 9.45. The molecule has 0 spiro atoms. The molecule has 0 bridgehead atoms. The van der Waals surface area contributed by atoms with E-state index in [0.717, 1.165) is 17.7 Å². The van der Waals surface area contributed by atoms with Crippen LogP contribution in [-0.2, 0) is 4.79 Å². The second-order valence-corrected chi connectivity index (χ2v) is 8.81. The molecule has 0 radical (unpaired) electrons. The Hall–Kier alpha value is -3.66. The number of aromatic nitrogens is 3. The molecule has 3 aromatic rings. The Labute approximate surface area is 195 Å². The molecule has 1 amide bonds. The summed E-state index contributed by atoms with van der Waals surface area (Å²) in [5, 5.41) is 22.5. The fourth-order valence-corrected chi connectivity index (χ4v) is 4.29. The van der Waals surface area contributed by atoms with E-state index in [1.165, 1.54) is 12.1 Å². The van der Waals surface area contributed by atoms with Gasteiger partial charge >= 0.3 is 0 Å². The maximum Gasteiger partial charge on any atom is 0.269 e. The standard InChI is InChI=1S/C23H24N6O3S/c1-4-13-33-23-26-22-24-15(3)19(21(30)25-17-9-5-14(2)6-10-17)20(28(22)27-23)16-7-11-18(12-8-16)29(31)32/h5-12,20H,4,13H2,1-3H3,(H,25,30)(H,24,26,27). The molecule has 2 N–H and O–H groups in total. The van der Waals surface area contributed by atoms with Gasteiger partial charge < -0.3 is 10.6 Å². The third-order valence-electron chi connectivity index (χ3n) is 5.24. The van der Waals surface area contributed by atoms with Crippen molar-refractivity contribution in [3.05, 3.63) is 81.0 Å². The number of allylic oxidation sites excluding steroid dienone is 1. The van der Waals surface area contributed by atoms with Crippen molar-refractivity contribution in [3.63, 3.8) is 0 Å². The first-order valence-electron chi connectivity index (χ1n) is 10.6. The second-order valence-electron chi connectivity index (χ2n) is 7.75. The summed E-state index contributed by atoms with van der Waals surface area (Å²) in [6, 6.07) is 13.2. The number of fused-ring (bicyclic) bond motifs is 1. The van der Waals surface area contributed by atoms with Crippen LogP contribution in [0.1, 0.15) is 37.4 Å². The van der Waals surface area contributed by atoms with Crippen molar-refractivity contribution in [1.82, 2.24) is 14.8 Å². The Kier molecular flexibility index (Phi) is 6.45. The number of carbonyl (C=O) groups excluding carboxylic acids is 1. The maximum atomic E-state index is 13.4. The van der Waals surface area contributed by atoms with Gasteiger partial charge in [0, 0.05) is 29.3 Å². The lowest BCUT2D eigenvalue weighted by Gasteiger charge is -2.28. The lowest BCUT2D eigenvalue weighted by Crippen LogP contribution is -2.31. The highest BCUT2D eigenvalue weighted by Crippen LogP contribution is 2.37. The average Bonchev–Trinajstić information content (AvgIpc) is 3.20. The minimum atomic E-state index is -0.587. The number of nitrogens with zero attached hydrogens (tertiary/aromatic N) is 4. The molecule has 2 aromatic carbocycles. The van der Waals surface area contributed by atoms with Gasteiger partial charge in [0.25, 0.3) is 11.6 Å². The highest BCUT2D eigenvalue weighted by molar-refractivity contribution is 7.99. The van der Waals surface area contributed by atoms with Crippen molar-refractivity contribution >= 4 is 35.0 Å². The fraction of sp³-hybridized carbons (Fsp3) is 0.261. The Bertz CT molecular complexity index is 1220. The van der Waals surface area contributed by atoms with E-state index in [4.69, 9.17) is 0 Å². The van der Waals surface area contributed by atoms with Crippen LogP contribution in [0.2, 0.25) is 0 Å². The number of non-ortho nitro benzene ring substituents is 1. The number of nitrogens with one attached hydrogen (secondary N) is 2. The SMILES string of the molecule is CCCSc1nc2n(n1)C(c1ccc([N+](=O)[O-])cc1)C(C(=O)Nc1ccc(C)cc1)=C(C)N2. The molecule has 9 nitrogen and oxygen atoms in total.